The Labute approximate surface area is 141 Å². The highest BCUT2D eigenvalue weighted by Crippen LogP contribution is 2.23. The van der Waals surface area contributed by atoms with Crippen LogP contribution in [0.1, 0.15) is 5.56 Å². The number of sulfonamides is 1. The van der Waals surface area contributed by atoms with E-state index in [4.69, 9.17) is 9.84 Å². The number of fused-ring (bicyclic) bond motifs is 3. The van der Waals surface area contributed by atoms with Gasteiger partial charge in [0.15, 0.2) is 0 Å². The van der Waals surface area contributed by atoms with Crippen LogP contribution in [0.15, 0.2) is 30.3 Å². The van der Waals surface area contributed by atoms with Crippen molar-refractivity contribution in [1.29, 1.82) is 0 Å². The fourth-order valence-electron chi connectivity index (χ4n) is 3.36. The van der Waals surface area contributed by atoms with E-state index >= 15 is 0 Å². The van der Waals surface area contributed by atoms with Gasteiger partial charge in [0.05, 0.1) is 25.5 Å². The largest absolute Gasteiger partial charge is 0.480 e. The lowest BCUT2D eigenvalue weighted by atomic mass is 10.1. The Bertz CT molecular complexity index is 679. The van der Waals surface area contributed by atoms with Crippen LogP contribution in [0.2, 0.25) is 0 Å². The molecule has 132 valence electrons. The van der Waals surface area contributed by atoms with Gasteiger partial charge in [-0.25, -0.2) is 8.42 Å². The van der Waals surface area contributed by atoms with Crippen molar-refractivity contribution in [3.63, 3.8) is 0 Å². The zero-order valence-electron chi connectivity index (χ0n) is 13.4. The van der Waals surface area contributed by atoms with Crippen LogP contribution in [0.3, 0.4) is 0 Å². The molecule has 0 aromatic heterocycles. The SMILES string of the molecule is O=C(O)CN1C[C@H]2COC[C@@H]1CN(S(=O)(=O)Cc1ccccc1)C2. The van der Waals surface area contributed by atoms with Crippen LogP contribution in [0.25, 0.3) is 0 Å². The molecular formula is C16H22N2O5S. The minimum atomic E-state index is -3.45. The summed E-state index contributed by atoms with van der Waals surface area (Å²) in [6.45, 7) is 1.94. The first-order valence-corrected chi connectivity index (χ1v) is 9.60. The van der Waals surface area contributed by atoms with Crippen LogP contribution >= 0.6 is 0 Å². The van der Waals surface area contributed by atoms with Gasteiger partial charge in [-0.05, 0) is 5.56 Å². The van der Waals surface area contributed by atoms with Gasteiger partial charge in [0.25, 0.3) is 0 Å². The van der Waals surface area contributed by atoms with Crippen LogP contribution in [0.5, 0.6) is 0 Å². The number of carboxylic acid groups (broad SMARTS) is 1. The molecule has 24 heavy (non-hydrogen) atoms. The van der Waals surface area contributed by atoms with Crippen molar-refractivity contribution in [2.24, 2.45) is 5.92 Å². The molecule has 1 aromatic rings. The summed E-state index contributed by atoms with van der Waals surface area (Å²) < 4.78 is 32.7. The maximum atomic E-state index is 12.8. The molecule has 0 saturated carbocycles. The van der Waals surface area contributed by atoms with E-state index in [9.17, 15) is 13.2 Å². The molecule has 1 N–H and O–H groups in total. The van der Waals surface area contributed by atoms with Gasteiger partial charge in [-0.2, -0.15) is 4.31 Å². The zero-order valence-corrected chi connectivity index (χ0v) is 14.2. The molecule has 0 radical (unpaired) electrons. The van der Waals surface area contributed by atoms with E-state index in [0.29, 0.717) is 26.3 Å². The highest BCUT2D eigenvalue weighted by Gasteiger charge is 2.38. The monoisotopic (exact) mass is 354 g/mol. The maximum Gasteiger partial charge on any atom is 0.317 e. The second-order valence-electron chi connectivity index (χ2n) is 6.44. The molecule has 0 amide bonds. The second-order valence-corrected chi connectivity index (χ2v) is 8.41. The average molecular weight is 354 g/mol. The summed E-state index contributed by atoms with van der Waals surface area (Å²) >= 11 is 0. The molecule has 2 heterocycles. The van der Waals surface area contributed by atoms with Crippen molar-refractivity contribution in [3.8, 4) is 0 Å². The third-order valence-electron chi connectivity index (χ3n) is 4.47. The van der Waals surface area contributed by atoms with Crippen molar-refractivity contribution in [3.05, 3.63) is 35.9 Å². The Kier molecular flexibility index (Phi) is 5.19. The summed E-state index contributed by atoms with van der Waals surface area (Å²) in [5.41, 5.74) is 0.755. The molecule has 2 bridgehead atoms. The van der Waals surface area contributed by atoms with E-state index < -0.39 is 16.0 Å². The predicted octanol–water partition coefficient (Wildman–Crippen LogP) is 0.234. The first-order chi connectivity index (χ1) is 11.4. The fraction of sp³-hybridized carbons (Fsp3) is 0.562. The molecule has 8 heteroatoms. The van der Waals surface area contributed by atoms with Crippen molar-refractivity contribution in [1.82, 2.24) is 9.21 Å². The first-order valence-electron chi connectivity index (χ1n) is 7.99. The number of hydrogen-bond donors (Lipinski definition) is 1. The number of hydrogen-bond acceptors (Lipinski definition) is 5. The maximum absolute atomic E-state index is 12.8. The van der Waals surface area contributed by atoms with Gasteiger partial charge >= 0.3 is 5.97 Å². The third-order valence-corrected chi connectivity index (χ3v) is 6.26. The molecule has 2 aliphatic heterocycles. The van der Waals surface area contributed by atoms with Crippen LogP contribution in [-0.4, -0.2) is 74.1 Å². The van der Waals surface area contributed by atoms with Gasteiger partial charge < -0.3 is 9.84 Å². The van der Waals surface area contributed by atoms with E-state index in [2.05, 4.69) is 0 Å². The predicted molar refractivity (Wildman–Crippen MR) is 87.9 cm³/mol. The molecular weight excluding hydrogens is 332 g/mol. The van der Waals surface area contributed by atoms with Crippen LogP contribution in [0.4, 0.5) is 0 Å². The second kappa shape index (κ2) is 7.18. The summed E-state index contributed by atoms with van der Waals surface area (Å²) in [6, 6.07) is 8.88. The number of aliphatic carboxylic acids is 1. The normalized spacial score (nSPS) is 26.0. The standard InChI is InChI=1S/C16H22N2O5S/c19-16(20)9-17-6-14-7-18(8-15(17)11-23-10-14)24(21,22)12-13-4-2-1-3-5-13/h1-5,14-15H,6-12H2,(H,19,20)/t14-,15+/m1/s1. The van der Waals surface area contributed by atoms with Gasteiger partial charge in [0.1, 0.15) is 0 Å². The summed E-state index contributed by atoms with van der Waals surface area (Å²) in [7, 11) is -3.45. The Hall–Kier alpha value is -1.48. The van der Waals surface area contributed by atoms with Crippen LogP contribution in [0, 0.1) is 5.92 Å². The fourth-order valence-corrected chi connectivity index (χ4v) is 4.99. The topological polar surface area (TPSA) is 87.2 Å². The Morgan fingerprint density at radius 2 is 1.92 bits per heavy atom. The van der Waals surface area contributed by atoms with Gasteiger partial charge in [0, 0.05) is 31.6 Å². The number of benzene rings is 1. The Morgan fingerprint density at radius 3 is 2.62 bits per heavy atom. The lowest BCUT2D eigenvalue weighted by Crippen LogP contribution is -2.47. The minimum absolute atomic E-state index is 0.0117. The van der Waals surface area contributed by atoms with E-state index in [0.717, 1.165) is 5.56 Å². The molecule has 0 spiro atoms. The molecule has 2 aliphatic rings. The number of carboxylic acids is 1. The van der Waals surface area contributed by atoms with Crippen molar-refractivity contribution < 1.29 is 23.1 Å². The van der Waals surface area contributed by atoms with Gasteiger partial charge in [-0.3, -0.25) is 9.69 Å². The molecule has 0 aliphatic carbocycles. The van der Waals surface area contributed by atoms with Crippen molar-refractivity contribution in [2.45, 2.75) is 11.8 Å². The average Bonchev–Trinajstić information content (AvgIpc) is 2.77. The lowest BCUT2D eigenvalue weighted by molar-refractivity contribution is -0.139. The summed E-state index contributed by atoms with van der Waals surface area (Å²) in [5.74, 6) is -0.948. The molecule has 2 fully saturated rings. The molecule has 3 rings (SSSR count). The van der Waals surface area contributed by atoms with Gasteiger partial charge in [0.2, 0.25) is 10.0 Å². The van der Waals surface area contributed by atoms with Gasteiger partial charge in [-0.1, -0.05) is 30.3 Å². The zero-order chi connectivity index (χ0) is 17.2. The molecule has 7 nitrogen and oxygen atoms in total. The minimum Gasteiger partial charge on any atom is -0.480 e. The van der Waals surface area contributed by atoms with Gasteiger partial charge in [-0.15, -0.1) is 0 Å². The number of ether oxygens (including phenoxy) is 1. The highest BCUT2D eigenvalue weighted by atomic mass is 32.2. The van der Waals surface area contributed by atoms with E-state index in [1.165, 1.54) is 4.31 Å². The molecule has 0 unspecified atom stereocenters. The van der Waals surface area contributed by atoms with Crippen molar-refractivity contribution in [2.75, 3.05) is 39.4 Å². The summed E-state index contributed by atoms with van der Waals surface area (Å²) in [5, 5.41) is 9.08. The number of rotatable bonds is 5. The highest BCUT2D eigenvalue weighted by molar-refractivity contribution is 7.88. The van der Waals surface area contributed by atoms with Crippen LogP contribution in [-0.2, 0) is 25.3 Å². The number of nitrogens with zero attached hydrogens (tertiary/aromatic N) is 2. The molecule has 2 saturated heterocycles. The van der Waals surface area contributed by atoms with Crippen molar-refractivity contribution >= 4 is 16.0 Å². The Morgan fingerprint density at radius 1 is 1.17 bits per heavy atom. The smallest absolute Gasteiger partial charge is 0.317 e. The van der Waals surface area contributed by atoms with Crippen LogP contribution < -0.4 is 0 Å². The Balaban J connectivity index is 1.78. The van der Waals surface area contributed by atoms with E-state index in [-0.39, 0.29) is 30.8 Å². The summed E-state index contributed by atoms with van der Waals surface area (Å²) in [4.78, 5) is 12.9. The molecule has 1 aromatic carbocycles. The molecule has 2 atom stereocenters. The van der Waals surface area contributed by atoms with E-state index in [1.807, 2.05) is 23.1 Å². The first kappa shape index (κ1) is 17.3. The number of carbonyl (C=O) groups is 1. The third kappa shape index (κ3) is 4.13. The summed E-state index contributed by atoms with van der Waals surface area (Å²) in [6.07, 6.45) is 0. The lowest BCUT2D eigenvalue weighted by Gasteiger charge is -2.30. The quantitative estimate of drug-likeness (QED) is 0.815. The van der Waals surface area contributed by atoms with E-state index in [1.54, 1.807) is 12.1 Å².